The summed E-state index contributed by atoms with van der Waals surface area (Å²) in [7, 11) is 0. The predicted octanol–water partition coefficient (Wildman–Crippen LogP) is 4.02. The normalized spacial score (nSPS) is 24.0. The van der Waals surface area contributed by atoms with Crippen LogP contribution >= 0.6 is 11.8 Å². The van der Waals surface area contributed by atoms with Crippen LogP contribution in [0.5, 0.6) is 0 Å². The second-order valence-corrected chi connectivity index (χ2v) is 7.72. The highest BCUT2D eigenvalue weighted by atomic mass is 32.2. The molecule has 3 heterocycles. The van der Waals surface area contributed by atoms with Crippen LogP contribution in [-0.2, 0) is 0 Å². The van der Waals surface area contributed by atoms with E-state index < -0.39 is 0 Å². The smallest absolute Gasteiger partial charge is 0.274 e. The van der Waals surface area contributed by atoms with Crippen LogP contribution in [0.3, 0.4) is 0 Å². The van der Waals surface area contributed by atoms with Crippen LogP contribution < -0.4 is 0 Å². The fourth-order valence-corrected chi connectivity index (χ4v) is 4.69. The molecule has 2 aromatic rings. The predicted molar refractivity (Wildman–Crippen MR) is 97.5 cm³/mol. The van der Waals surface area contributed by atoms with Crippen molar-refractivity contribution in [3.05, 3.63) is 42.2 Å². The van der Waals surface area contributed by atoms with E-state index in [1.54, 1.807) is 11.8 Å². The second kappa shape index (κ2) is 6.28. The third-order valence-electron chi connectivity index (χ3n) is 5.41. The number of amides is 1. The van der Waals surface area contributed by atoms with Crippen molar-refractivity contribution >= 4 is 23.2 Å². The van der Waals surface area contributed by atoms with Crippen molar-refractivity contribution in [2.24, 2.45) is 5.41 Å². The number of imidazole rings is 1. The highest BCUT2D eigenvalue weighted by Crippen LogP contribution is 2.41. The zero-order valence-corrected chi connectivity index (χ0v) is 14.9. The molecule has 1 atom stereocenters. The number of allylic oxidation sites excluding steroid dienone is 2. The van der Waals surface area contributed by atoms with Gasteiger partial charge in [-0.3, -0.25) is 9.20 Å². The van der Waals surface area contributed by atoms with Crippen molar-refractivity contribution in [3.63, 3.8) is 0 Å². The Bertz CT molecular complexity index is 797. The third kappa shape index (κ3) is 2.65. The van der Waals surface area contributed by atoms with Crippen LogP contribution in [0.1, 0.15) is 42.6 Å². The second-order valence-electron chi connectivity index (χ2n) is 6.95. The van der Waals surface area contributed by atoms with Gasteiger partial charge < -0.3 is 4.90 Å². The summed E-state index contributed by atoms with van der Waals surface area (Å²) < 4.78 is 2.01. The van der Waals surface area contributed by atoms with E-state index in [4.69, 9.17) is 0 Å². The number of pyridine rings is 1. The van der Waals surface area contributed by atoms with E-state index in [2.05, 4.69) is 17.1 Å². The zero-order valence-electron chi connectivity index (χ0n) is 14.1. The summed E-state index contributed by atoms with van der Waals surface area (Å²) in [5.41, 5.74) is 1.80. The molecule has 24 heavy (non-hydrogen) atoms. The van der Waals surface area contributed by atoms with Crippen LogP contribution in [0, 0.1) is 5.41 Å². The molecule has 1 fully saturated rings. The number of nitrogens with zero attached hydrogens (tertiary/aromatic N) is 3. The van der Waals surface area contributed by atoms with Gasteiger partial charge >= 0.3 is 0 Å². The molecule has 0 radical (unpaired) electrons. The number of hydrogen-bond donors (Lipinski definition) is 0. The molecule has 126 valence electrons. The third-order valence-corrected chi connectivity index (χ3v) is 6.06. The van der Waals surface area contributed by atoms with E-state index in [1.165, 1.54) is 12.8 Å². The monoisotopic (exact) mass is 341 g/mol. The van der Waals surface area contributed by atoms with E-state index in [-0.39, 0.29) is 5.91 Å². The zero-order chi connectivity index (χ0) is 16.6. The fraction of sp³-hybridized carbons (Fsp3) is 0.474. The number of carbonyl (C=O) groups excluding carboxylic acids is 1. The molecule has 2 aliphatic rings. The molecule has 1 spiro atoms. The topological polar surface area (TPSA) is 37.6 Å². The summed E-state index contributed by atoms with van der Waals surface area (Å²) in [6.07, 6.45) is 14.3. The molecule has 1 amide bonds. The van der Waals surface area contributed by atoms with Gasteiger partial charge in [0.2, 0.25) is 0 Å². The van der Waals surface area contributed by atoms with Gasteiger partial charge in [0.05, 0.1) is 5.52 Å². The maximum absolute atomic E-state index is 13.2. The largest absolute Gasteiger partial charge is 0.337 e. The lowest BCUT2D eigenvalue weighted by Crippen LogP contribution is -2.46. The first-order valence-corrected chi connectivity index (χ1v) is 9.90. The standard InChI is InChI=1S/C19H23N3OS/c1-24-18-20-16(15-8-3-6-13-22(15)18)17(23)21-12-7-11-19(14-21)9-4-2-5-10-19/h2-4,6,8,13H,5,7,9-12,14H2,1H3/t19-/m1/s1. The Morgan fingerprint density at radius 1 is 1.29 bits per heavy atom. The van der Waals surface area contributed by atoms with Gasteiger partial charge in [0.15, 0.2) is 10.9 Å². The molecule has 1 aliphatic heterocycles. The van der Waals surface area contributed by atoms with Gasteiger partial charge in [0.25, 0.3) is 5.91 Å². The summed E-state index contributed by atoms with van der Waals surface area (Å²) in [6.45, 7) is 1.72. The molecule has 0 unspecified atom stereocenters. The van der Waals surface area contributed by atoms with Gasteiger partial charge in [-0.1, -0.05) is 30.0 Å². The van der Waals surface area contributed by atoms with Crippen LogP contribution in [0.4, 0.5) is 0 Å². The summed E-state index contributed by atoms with van der Waals surface area (Å²) >= 11 is 1.58. The molecule has 4 rings (SSSR count). The number of likely N-dealkylation sites (tertiary alicyclic amines) is 1. The molecule has 1 aliphatic carbocycles. The summed E-state index contributed by atoms with van der Waals surface area (Å²) in [5, 5.41) is 0.876. The lowest BCUT2D eigenvalue weighted by Gasteiger charge is -2.43. The molecule has 0 saturated carbocycles. The molecule has 5 heteroatoms. The van der Waals surface area contributed by atoms with E-state index >= 15 is 0 Å². The molecule has 4 nitrogen and oxygen atoms in total. The van der Waals surface area contributed by atoms with Crippen LogP contribution in [0.25, 0.3) is 5.52 Å². The Morgan fingerprint density at radius 2 is 2.21 bits per heavy atom. The number of hydrogen-bond acceptors (Lipinski definition) is 3. The van der Waals surface area contributed by atoms with Crippen molar-refractivity contribution in [3.8, 4) is 0 Å². The van der Waals surface area contributed by atoms with Gasteiger partial charge in [0, 0.05) is 19.3 Å². The number of fused-ring (bicyclic) bond motifs is 1. The average Bonchev–Trinajstić information content (AvgIpc) is 3.01. The first-order chi connectivity index (χ1) is 11.7. The van der Waals surface area contributed by atoms with Gasteiger partial charge in [-0.25, -0.2) is 4.98 Å². The van der Waals surface area contributed by atoms with Gasteiger partial charge in [-0.05, 0) is 55.9 Å². The molecule has 0 aromatic carbocycles. The Hall–Kier alpha value is -1.75. The van der Waals surface area contributed by atoms with Gasteiger partial charge in [0.1, 0.15) is 0 Å². The van der Waals surface area contributed by atoms with E-state index in [0.29, 0.717) is 11.1 Å². The van der Waals surface area contributed by atoms with Crippen molar-refractivity contribution in [1.29, 1.82) is 0 Å². The number of rotatable bonds is 2. The molecule has 0 N–H and O–H groups in total. The molecular weight excluding hydrogens is 318 g/mol. The Kier molecular flexibility index (Phi) is 4.12. The van der Waals surface area contributed by atoms with Crippen molar-refractivity contribution in [2.75, 3.05) is 19.3 Å². The number of aromatic nitrogens is 2. The highest BCUT2D eigenvalue weighted by Gasteiger charge is 2.37. The van der Waals surface area contributed by atoms with Gasteiger partial charge in [-0.2, -0.15) is 0 Å². The Balaban J connectivity index is 1.65. The van der Waals surface area contributed by atoms with Crippen LogP contribution in [0.15, 0.2) is 41.7 Å². The SMILES string of the molecule is CSc1nc(C(=O)N2CCC[C@]3(CC=CCC3)C2)c2ccccn12. The minimum atomic E-state index is 0.0904. The average molecular weight is 341 g/mol. The lowest BCUT2D eigenvalue weighted by atomic mass is 9.71. The van der Waals surface area contributed by atoms with Crippen molar-refractivity contribution in [2.45, 2.75) is 37.3 Å². The summed E-state index contributed by atoms with van der Waals surface area (Å²) in [4.78, 5) is 19.9. The summed E-state index contributed by atoms with van der Waals surface area (Å²) in [6, 6.07) is 5.94. The van der Waals surface area contributed by atoms with Crippen molar-refractivity contribution < 1.29 is 4.79 Å². The molecular formula is C19H23N3OS. The highest BCUT2D eigenvalue weighted by molar-refractivity contribution is 7.98. The molecule has 1 saturated heterocycles. The number of piperidine rings is 1. The van der Waals surface area contributed by atoms with E-state index in [1.807, 2.05) is 40.0 Å². The van der Waals surface area contributed by atoms with Gasteiger partial charge in [-0.15, -0.1) is 0 Å². The number of thioether (sulfide) groups is 1. The van der Waals surface area contributed by atoms with Crippen molar-refractivity contribution in [1.82, 2.24) is 14.3 Å². The van der Waals surface area contributed by atoms with E-state index in [0.717, 1.165) is 43.0 Å². The maximum atomic E-state index is 13.2. The first kappa shape index (κ1) is 15.8. The van der Waals surface area contributed by atoms with Crippen LogP contribution in [0.2, 0.25) is 0 Å². The number of carbonyl (C=O) groups is 1. The Morgan fingerprint density at radius 3 is 3.00 bits per heavy atom. The molecule has 2 aromatic heterocycles. The molecule has 0 bridgehead atoms. The van der Waals surface area contributed by atoms with E-state index in [9.17, 15) is 4.79 Å². The van der Waals surface area contributed by atoms with Crippen LogP contribution in [-0.4, -0.2) is 39.5 Å². The Labute approximate surface area is 146 Å². The fourth-order valence-electron chi connectivity index (χ4n) is 4.16. The minimum Gasteiger partial charge on any atom is -0.337 e. The first-order valence-electron chi connectivity index (χ1n) is 8.68. The summed E-state index contributed by atoms with van der Waals surface area (Å²) in [5.74, 6) is 0.0904. The quantitative estimate of drug-likeness (QED) is 0.612. The minimum absolute atomic E-state index is 0.0904. The maximum Gasteiger partial charge on any atom is 0.274 e. The lowest BCUT2D eigenvalue weighted by molar-refractivity contribution is 0.0481.